The van der Waals surface area contributed by atoms with Crippen LogP contribution in [0.4, 0.5) is 0 Å². The largest absolute Gasteiger partial charge is 0.494 e. The summed E-state index contributed by atoms with van der Waals surface area (Å²) in [5, 5.41) is 0. The van der Waals surface area contributed by atoms with Crippen molar-refractivity contribution in [3.05, 3.63) is 29.3 Å². The summed E-state index contributed by atoms with van der Waals surface area (Å²) in [5.41, 5.74) is 8.72. The Morgan fingerprint density at radius 1 is 1.35 bits per heavy atom. The van der Waals surface area contributed by atoms with E-state index in [1.165, 1.54) is 11.1 Å². The molecule has 0 fully saturated rings. The molecule has 1 aliphatic carbocycles. The molecule has 2 unspecified atom stereocenters. The Kier molecular flexibility index (Phi) is 5.01. The van der Waals surface area contributed by atoms with Gasteiger partial charge in [-0.15, -0.1) is 0 Å². The van der Waals surface area contributed by atoms with Gasteiger partial charge in [0.15, 0.2) is 0 Å². The average molecular weight is 277 g/mol. The summed E-state index contributed by atoms with van der Waals surface area (Å²) < 4.78 is 10.5. The fourth-order valence-corrected chi connectivity index (χ4v) is 2.86. The molecule has 0 aromatic heterocycles. The molecule has 2 rings (SSSR count). The van der Waals surface area contributed by atoms with E-state index in [4.69, 9.17) is 15.2 Å². The van der Waals surface area contributed by atoms with Gasteiger partial charge in [-0.3, -0.25) is 4.79 Å². The smallest absolute Gasteiger partial charge is 0.305 e. The van der Waals surface area contributed by atoms with E-state index in [0.29, 0.717) is 19.6 Å². The third-order valence-electron chi connectivity index (χ3n) is 3.77. The Morgan fingerprint density at radius 2 is 2.15 bits per heavy atom. The predicted molar refractivity (Wildman–Crippen MR) is 77.9 cm³/mol. The van der Waals surface area contributed by atoms with Crippen LogP contribution in [-0.4, -0.2) is 25.2 Å². The average Bonchev–Trinajstić information content (AvgIpc) is 2.72. The van der Waals surface area contributed by atoms with Crippen molar-refractivity contribution < 1.29 is 14.3 Å². The number of hydrogen-bond acceptors (Lipinski definition) is 4. The number of hydrogen-bond donors (Lipinski definition) is 1. The lowest BCUT2D eigenvalue weighted by Gasteiger charge is -2.16. The van der Waals surface area contributed by atoms with Crippen molar-refractivity contribution >= 4 is 5.97 Å². The van der Waals surface area contributed by atoms with Gasteiger partial charge in [0.1, 0.15) is 5.75 Å². The van der Waals surface area contributed by atoms with E-state index < -0.39 is 0 Å². The van der Waals surface area contributed by atoms with E-state index >= 15 is 0 Å². The highest BCUT2D eigenvalue weighted by molar-refractivity contribution is 5.69. The molecular weight excluding hydrogens is 254 g/mol. The van der Waals surface area contributed by atoms with Gasteiger partial charge >= 0.3 is 5.97 Å². The first-order valence-corrected chi connectivity index (χ1v) is 7.32. The Balaban J connectivity index is 2.07. The van der Waals surface area contributed by atoms with Crippen molar-refractivity contribution in [2.24, 2.45) is 5.73 Å². The van der Waals surface area contributed by atoms with Crippen LogP contribution in [0.1, 0.15) is 43.7 Å². The monoisotopic (exact) mass is 277 g/mol. The second kappa shape index (κ2) is 6.75. The van der Waals surface area contributed by atoms with E-state index in [1.807, 2.05) is 19.9 Å². The number of carbonyl (C=O) groups excluding carboxylic acids is 1. The molecule has 1 aliphatic rings. The molecule has 0 amide bonds. The van der Waals surface area contributed by atoms with E-state index in [0.717, 1.165) is 18.6 Å². The Labute approximate surface area is 120 Å². The molecule has 0 aliphatic heterocycles. The molecule has 20 heavy (non-hydrogen) atoms. The maximum Gasteiger partial charge on any atom is 0.305 e. The fourth-order valence-electron chi connectivity index (χ4n) is 2.86. The Hall–Kier alpha value is -1.55. The molecule has 0 heterocycles. The van der Waals surface area contributed by atoms with Crippen molar-refractivity contribution in [2.75, 3.05) is 13.2 Å². The zero-order chi connectivity index (χ0) is 14.5. The minimum atomic E-state index is -0.144. The van der Waals surface area contributed by atoms with Crippen molar-refractivity contribution in [3.63, 3.8) is 0 Å². The van der Waals surface area contributed by atoms with E-state index in [1.54, 1.807) is 0 Å². The maximum atomic E-state index is 11.5. The van der Waals surface area contributed by atoms with Gasteiger partial charge in [-0.2, -0.15) is 0 Å². The van der Waals surface area contributed by atoms with Crippen LogP contribution in [-0.2, 0) is 16.0 Å². The fraction of sp³-hybridized carbons (Fsp3) is 0.562. The first-order chi connectivity index (χ1) is 9.65. The topological polar surface area (TPSA) is 61.5 Å². The highest BCUT2D eigenvalue weighted by atomic mass is 16.5. The summed E-state index contributed by atoms with van der Waals surface area (Å²) >= 11 is 0. The Morgan fingerprint density at radius 3 is 2.85 bits per heavy atom. The molecule has 0 saturated carbocycles. The van der Waals surface area contributed by atoms with Crippen molar-refractivity contribution in [1.82, 2.24) is 0 Å². The van der Waals surface area contributed by atoms with E-state index in [-0.39, 0.29) is 17.9 Å². The van der Waals surface area contributed by atoms with Crippen LogP contribution in [0.3, 0.4) is 0 Å². The van der Waals surface area contributed by atoms with Crippen LogP contribution in [0, 0.1) is 0 Å². The molecule has 2 N–H and O–H groups in total. The molecule has 2 atom stereocenters. The zero-order valence-electron chi connectivity index (χ0n) is 12.2. The highest BCUT2D eigenvalue weighted by Crippen LogP contribution is 2.37. The summed E-state index contributed by atoms with van der Waals surface area (Å²) in [5.74, 6) is 0.949. The summed E-state index contributed by atoms with van der Waals surface area (Å²) in [7, 11) is 0. The van der Waals surface area contributed by atoms with Gasteiger partial charge in [0.2, 0.25) is 0 Å². The van der Waals surface area contributed by atoms with Crippen LogP contribution in [0.2, 0.25) is 0 Å². The molecule has 0 saturated heterocycles. The Bertz CT molecular complexity index is 473. The van der Waals surface area contributed by atoms with Crippen molar-refractivity contribution in [1.29, 1.82) is 0 Å². The van der Waals surface area contributed by atoms with Gasteiger partial charge < -0.3 is 15.2 Å². The second-order valence-corrected chi connectivity index (χ2v) is 5.11. The number of benzene rings is 1. The molecule has 0 bridgehead atoms. The number of rotatable bonds is 6. The van der Waals surface area contributed by atoms with Crippen molar-refractivity contribution in [3.8, 4) is 5.75 Å². The third-order valence-corrected chi connectivity index (χ3v) is 3.77. The lowest BCUT2D eigenvalue weighted by molar-refractivity contribution is -0.143. The lowest BCUT2D eigenvalue weighted by Crippen LogP contribution is -2.25. The van der Waals surface area contributed by atoms with Crippen LogP contribution >= 0.6 is 0 Å². The molecule has 4 nitrogen and oxygen atoms in total. The highest BCUT2D eigenvalue weighted by Gasteiger charge is 2.30. The van der Waals surface area contributed by atoms with Gasteiger partial charge in [-0.05, 0) is 49.9 Å². The number of nitrogens with two attached hydrogens (primary N) is 1. The summed E-state index contributed by atoms with van der Waals surface area (Å²) in [6, 6.07) is 6.23. The number of ether oxygens (including phenoxy) is 2. The molecule has 0 radical (unpaired) electrons. The van der Waals surface area contributed by atoms with Gasteiger partial charge in [0, 0.05) is 18.4 Å². The second-order valence-electron chi connectivity index (χ2n) is 5.11. The molecule has 1 aromatic rings. The summed E-state index contributed by atoms with van der Waals surface area (Å²) in [4.78, 5) is 11.5. The SMILES string of the molecule is CCOC(=O)CCC1c2cc(OCC)ccc2CC1N. The molecular formula is C16H23NO3. The zero-order valence-corrected chi connectivity index (χ0v) is 12.2. The standard InChI is InChI=1S/C16H23NO3/c1-3-19-12-6-5-11-9-15(17)13(14(11)10-12)7-8-16(18)20-4-2/h5-6,10,13,15H,3-4,7-9,17H2,1-2H3. The molecule has 4 heteroatoms. The van der Waals surface area contributed by atoms with Gasteiger partial charge in [0.05, 0.1) is 13.2 Å². The normalized spacial score (nSPS) is 20.6. The van der Waals surface area contributed by atoms with E-state index in [2.05, 4.69) is 12.1 Å². The third kappa shape index (κ3) is 3.31. The minimum Gasteiger partial charge on any atom is -0.494 e. The predicted octanol–water partition coefficient (Wildman–Crippen LogP) is 2.40. The minimum absolute atomic E-state index is 0.0799. The number of carbonyl (C=O) groups is 1. The first-order valence-electron chi connectivity index (χ1n) is 7.32. The number of esters is 1. The quantitative estimate of drug-likeness (QED) is 0.811. The maximum absolute atomic E-state index is 11.5. The molecule has 0 spiro atoms. The number of fused-ring (bicyclic) bond motifs is 1. The van der Waals surface area contributed by atoms with Gasteiger partial charge in [-0.25, -0.2) is 0 Å². The van der Waals surface area contributed by atoms with Crippen LogP contribution in [0.25, 0.3) is 0 Å². The summed E-state index contributed by atoms with van der Waals surface area (Å²) in [6.07, 6.45) is 2.03. The van der Waals surface area contributed by atoms with Gasteiger partial charge in [0.25, 0.3) is 0 Å². The summed E-state index contributed by atoms with van der Waals surface area (Å²) in [6.45, 7) is 4.87. The molecule has 1 aromatic carbocycles. The van der Waals surface area contributed by atoms with Gasteiger partial charge in [-0.1, -0.05) is 6.07 Å². The first kappa shape index (κ1) is 14.9. The van der Waals surface area contributed by atoms with Crippen LogP contribution in [0.15, 0.2) is 18.2 Å². The van der Waals surface area contributed by atoms with Crippen LogP contribution < -0.4 is 10.5 Å². The van der Waals surface area contributed by atoms with E-state index in [9.17, 15) is 4.79 Å². The lowest BCUT2D eigenvalue weighted by atomic mass is 9.93. The van der Waals surface area contributed by atoms with Crippen molar-refractivity contribution in [2.45, 2.75) is 45.1 Å². The molecule has 110 valence electrons. The van der Waals surface area contributed by atoms with Crippen LogP contribution in [0.5, 0.6) is 5.75 Å².